The summed E-state index contributed by atoms with van der Waals surface area (Å²) in [7, 11) is 0. The Bertz CT molecular complexity index is 357. The maximum Gasteiger partial charge on any atom is 0.254 e. The number of carbonyl (C=O) groups is 1. The maximum absolute atomic E-state index is 11.6. The lowest BCUT2D eigenvalue weighted by molar-refractivity contribution is 0.0952. The van der Waals surface area contributed by atoms with Crippen LogP contribution in [0.3, 0.4) is 0 Å². The van der Waals surface area contributed by atoms with Crippen molar-refractivity contribution in [1.82, 2.24) is 20.8 Å². The summed E-state index contributed by atoms with van der Waals surface area (Å²) in [4.78, 5) is 11.6. The van der Waals surface area contributed by atoms with Gasteiger partial charge in [-0.2, -0.15) is 5.10 Å². The molecular weight excluding hydrogens is 204 g/mol. The van der Waals surface area contributed by atoms with Gasteiger partial charge in [0.2, 0.25) is 0 Å². The van der Waals surface area contributed by atoms with Gasteiger partial charge in [0, 0.05) is 18.3 Å². The lowest BCUT2D eigenvalue weighted by atomic mass is 10.2. The Hall–Kier alpha value is -1.36. The fourth-order valence-corrected chi connectivity index (χ4v) is 1.56. The Kier molecular flexibility index (Phi) is 3.56. The molecule has 16 heavy (non-hydrogen) atoms. The van der Waals surface area contributed by atoms with Crippen LogP contribution in [0.4, 0.5) is 0 Å². The van der Waals surface area contributed by atoms with E-state index in [0.29, 0.717) is 12.1 Å². The minimum Gasteiger partial charge on any atom is -0.352 e. The molecule has 5 nitrogen and oxygen atoms in total. The molecule has 2 rings (SSSR count). The van der Waals surface area contributed by atoms with Crippen LogP contribution < -0.4 is 10.6 Å². The Balaban J connectivity index is 1.61. The largest absolute Gasteiger partial charge is 0.352 e. The predicted octanol–water partition coefficient (Wildman–Crippen LogP) is 0.590. The van der Waals surface area contributed by atoms with Gasteiger partial charge in [0.1, 0.15) is 0 Å². The number of rotatable bonds is 6. The molecule has 1 aromatic heterocycles. The number of carbonyl (C=O) groups excluding carboxylic acids is 1. The third-order valence-corrected chi connectivity index (χ3v) is 2.72. The van der Waals surface area contributed by atoms with Crippen LogP contribution >= 0.6 is 0 Å². The van der Waals surface area contributed by atoms with Crippen LogP contribution in [-0.2, 0) is 0 Å². The van der Waals surface area contributed by atoms with Gasteiger partial charge < -0.3 is 10.6 Å². The molecule has 5 heteroatoms. The van der Waals surface area contributed by atoms with E-state index < -0.39 is 0 Å². The zero-order valence-electron chi connectivity index (χ0n) is 9.55. The molecule has 1 fully saturated rings. The van der Waals surface area contributed by atoms with Crippen LogP contribution in [0.1, 0.15) is 35.3 Å². The molecule has 3 N–H and O–H groups in total. The van der Waals surface area contributed by atoms with Gasteiger partial charge >= 0.3 is 0 Å². The first-order chi connectivity index (χ1) is 7.77. The molecule has 0 saturated heterocycles. The van der Waals surface area contributed by atoms with Crippen molar-refractivity contribution >= 4 is 5.91 Å². The number of aromatic amines is 1. The van der Waals surface area contributed by atoms with Gasteiger partial charge in [0.15, 0.2) is 0 Å². The molecule has 1 aliphatic carbocycles. The molecule has 0 spiro atoms. The molecule has 1 amide bonds. The Morgan fingerprint density at radius 1 is 1.56 bits per heavy atom. The molecule has 88 valence electrons. The van der Waals surface area contributed by atoms with Crippen LogP contribution in [-0.4, -0.2) is 35.2 Å². The Labute approximate surface area is 95.0 Å². The average molecular weight is 222 g/mol. The van der Waals surface area contributed by atoms with E-state index in [2.05, 4.69) is 20.8 Å². The monoisotopic (exact) mass is 222 g/mol. The Morgan fingerprint density at radius 3 is 3.00 bits per heavy atom. The summed E-state index contributed by atoms with van der Waals surface area (Å²) in [6.45, 7) is 3.54. The second-order valence-electron chi connectivity index (χ2n) is 4.25. The topological polar surface area (TPSA) is 69.8 Å². The molecule has 1 aromatic rings. The van der Waals surface area contributed by atoms with Crippen molar-refractivity contribution < 1.29 is 4.79 Å². The van der Waals surface area contributed by atoms with Crippen LogP contribution in [0, 0.1) is 6.92 Å². The lowest BCUT2D eigenvalue weighted by Crippen LogP contribution is -2.28. The van der Waals surface area contributed by atoms with Crippen LogP contribution in [0.2, 0.25) is 0 Å². The lowest BCUT2D eigenvalue weighted by Gasteiger charge is -2.05. The number of nitrogens with one attached hydrogen (secondary N) is 3. The molecular formula is C11H18N4O. The molecule has 0 atom stereocenters. The predicted molar refractivity (Wildman–Crippen MR) is 61.3 cm³/mol. The molecule has 1 saturated carbocycles. The standard InChI is InChI=1S/C11H18N4O/c1-8-10(7-14-15-8)11(16)13-6-2-5-12-9-3-4-9/h7,9,12H,2-6H2,1H3,(H,13,16)(H,14,15). The third kappa shape index (κ3) is 3.06. The van der Waals surface area contributed by atoms with E-state index in [1.165, 1.54) is 12.8 Å². The van der Waals surface area contributed by atoms with Gasteiger partial charge in [-0.25, -0.2) is 0 Å². The van der Waals surface area contributed by atoms with Gasteiger partial charge in [-0.15, -0.1) is 0 Å². The summed E-state index contributed by atoms with van der Waals surface area (Å²) in [6.07, 6.45) is 5.15. The van der Waals surface area contributed by atoms with Gasteiger partial charge in [0.05, 0.1) is 11.8 Å². The average Bonchev–Trinajstić information content (AvgIpc) is 2.99. The van der Waals surface area contributed by atoms with Crippen molar-refractivity contribution in [3.8, 4) is 0 Å². The smallest absolute Gasteiger partial charge is 0.254 e. The molecule has 0 aromatic carbocycles. The van der Waals surface area contributed by atoms with Crippen LogP contribution in [0.5, 0.6) is 0 Å². The van der Waals surface area contributed by atoms with Gasteiger partial charge in [-0.05, 0) is 32.7 Å². The van der Waals surface area contributed by atoms with E-state index in [4.69, 9.17) is 0 Å². The molecule has 0 radical (unpaired) electrons. The van der Waals surface area contributed by atoms with Gasteiger partial charge in [0.25, 0.3) is 5.91 Å². The first kappa shape index (κ1) is 11.1. The summed E-state index contributed by atoms with van der Waals surface area (Å²) in [6, 6.07) is 0.742. The summed E-state index contributed by atoms with van der Waals surface area (Å²) in [5.41, 5.74) is 1.45. The number of aromatic nitrogens is 2. The number of nitrogens with zero attached hydrogens (tertiary/aromatic N) is 1. The summed E-state index contributed by atoms with van der Waals surface area (Å²) in [5.74, 6) is -0.0438. The minimum absolute atomic E-state index is 0.0438. The SMILES string of the molecule is Cc1[nH]ncc1C(=O)NCCCNC1CC1. The van der Waals surface area contributed by atoms with E-state index in [-0.39, 0.29) is 5.91 Å². The van der Waals surface area contributed by atoms with Crippen molar-refractivity contribution in [2.45, 2.75) is 32.2 Å². The molecule has 1 aliphatic rings. The van der Waals surface area contributed by atoms with Crippen LogP contribution in [0.15, 0.2) is 6.20 Å². The summed E-state index contributed by atoms with van der Waals surface area (Å²) < 4.78 is 0. The zero-order chi connectivity index (χ0) is 11.4. The zero-order valence-corrected chi connectivity index (χ0v) is 9.55. The summed E-state index contributed by atoms with van der Waals surface area (Å²) >= 11 is 0. The van der Waals surface area contributed by atoms with E-state index in [0.717, 1.165) is 24.7 Å². The minimum atomic E-state index is -0.0438. The Morgan fingerprint density at radius 2 is 2.38 bits per heavy atom. The highest BCUT2D eigenvalue weighted by Gasteiger charge is 2.19. The maximum atomic E-state index is 11.6. The quantitative estimate of drug-likeness (QED) is 0.617. The second kappa shape index (κ2) is 5.12. The molecule has 1 heterocycles. The van der Waals surface area contributed by atoms with Gasteiger partial charge in [-0.3, -0.25) is 9.89 Å². The van der Waals surface area contributed by atoms with Crippen molar-refractivity contribution in [3.63, 3.8) is 0 Å². The first-order valence-corrected chi connectivity index (χ1v) is 5.79. The number of H-pyrrole nitrogens is 1. The first-order valence-electron chi connectivity index (χ1n) is 5.79. The fourth-order valence-electron chi connectivity index (χ4n) is 1.56. The van der Waals surface area contributed by atoms with E-state index >= 15 is 0 Å². The van der Waals surface area contributed by atoms with Gasteiger partial charge in [-0.1, -0.05) is 0 Å². The third-order valence-electron chi connectivity index (χ3n) is 2.72. The highest BCUT2D eigenvalue weighted by molar-refractivity contribution is 5.94. The molecule has 0 aliphatic heterocycles. The van der Waals surface area contributed by atoms with E-state index in [1.807, 2.05) is 6.92 Å². The van der Waals surface area contributed by atoms with Crippen molar-refractivity contribution in [3.05, 3.63) is 17.5 Å². The second-order valence-corrected chi connectivity index (χ2v) is 4.25. The highest BCUT2D eigenvalue weighted by atomic mass is 16.1. The summed E-state index contributed by atoms with van der Waals surface area (Å²) in [5, 5.41) is 12.9. The van der Waals surface area contributed by atoms with Crippen molar-refractivity contribution in [2.24, 2.45) is 0 Å². The molecule has 0 unspecified atom stereocenters. The van der Waals surface area contributed by atoms with E-state index in [1.54, 1.807) is 6.20 Å². The van der Waals surface area contributed by atoms with Crippen molar-refractivity contribution in [2.75, 3.05) is 13.1 Å². The number of amides is 1. The fraction of sp³-hybridized carbons (Fsp3) is 0.636. The van der Waals surface area contributed by atoms with E-state index in [9.17, 15) is 4.79 Å². The molecule has 0 bridgehead atoms. The normalized spacial score (nSPS) is 15.1. The van der Waals surface area contributed by atoms with Crippen LogP contribution in [0.25, 0.3) is 0 Å². The number of hydrogen-bond donors (Lipinski definition) is 3. The highest BCUT2D eigenvalue weighted by Crippen LogP contribution is 2.18. The number of hydrogen-bond acceptors (Lipinski definition) is 3. The van der Waals surface area contributed by atoms with Crippen molar-refractivity contribution in [1.29, 1.82) is 0 Å². The number of aryl methyl sites for hydroxylation is 1.